The van der Waals surface area contributed by atoms with Crippen molar-refractivity contribution in [3.63, 3.8) is 0 Å². The van der Waals surface area contributed by atoms with Crippen molar-refractivity contribution in [2.75, 3.05) is 5.32 Å². The van der Waals surface area contributed by atoms with Gasteiger partial charge in [-0.25, -0.2) is 13.1 Å². The van der Waals surface area contributed by atoms with Gasteiger partial charge in [-0.15, -0.1) is 0 Å². The van der Waals surface area contributed by atoms with E-state index >= 15 is 0 Å². The quantitative estimate of drug-likeness (QED) is 0.792. The Balaban J connectivity index is 1.87. The number of anilines is 1. The molecule has 0 spiro atoms. The van der Waals surface area contributed by atoms with Gasteiger partial charge in [0, 0.05) is 18.6 Å². The van der Waals surface area contributed by atoms with E-state index in [-0.39, 0.29) is 22.2 Å². The number of ether oxygens (including phenoxy) is 1. The molecule has 27 heavy (non-hydrogen) atoms. The highest BCUT2D eigenvalue weighted by Crippen LogP contribution is 2.34. The Morgan fingerprint density at radius 2 is 2.07 bits per heavy atom. The van der Waals surface area contributed by atoms with Crippen LogP contribution < -0.4 is 14.8 Å². The number of rotatable bonds is 5. The number of hydrogen-bond donors (Lipinski definition) is 2. The van der Waals surface area contributed by atoms with Crippen LogP contribution in [0.1, 0.15) is 42.1 Å². The third-order valence-corrected chi connectivity index (χ3v) is 5.49. The molecule has 144 valence electrons. The Bertz CT molecular complexity index is 1010. The summed E-state index contributed by atoms with van der Waals surface area (Å²) in [5.74, 6) is -0.490. The molecule has 0 saturated heterocycles. The maximum atomic E-state index is 12.7. The van der Waals surface area contributed by atoms with Crippen LogP contribution in [0.25, 0.3) is 0 Å². The molecule has 1 aliphatic heterocycles. The number of nitrogens with one attached hydrogen (secondary N) is 2. The van der Waals surface area contributed by atoms with E-state index < -0.39 is 22.0 Å². The normalized spacial score (nSPS) is 16.3. The summed E-state index contributed by atoms with van der Waals surface area (Å²) in [6.07, 6.45) is 0.647. The highest BCUT2D eigenvalue weighted by Gasteiger charge is 2.28. The molecule has 9 nitrogen and oxygen atoms in total. The minimum Gasteiger partial charge on any atom is -0.479 e. The molecule has 1 atom stereocenters. The van der Waals surface area contributed by atoms with Crippen molar-refractivity contribution in [1.29, 1.82) is 0 Å². The zero-order chi connectivity index (χ0) is 19.8. The Hall–Kier alpha value is -2.88. The van der Waals surface area contributed by atoms with Crippen LogP contribution in [0.4, 0.5) is 5.69 Å². The number of fused-ring (bicyclic) bond motifs is 1. The molecule has 0 bridgehead atoms. The number of carbonyl (C=O) groups excluding carboxylic acids is 2. The lowest BCUT2D eigenvalue weighted by Gasteiger charge is -2.24. The predicted molar refractivity (Wildman–Crippen MR) is 95.0 cm³/mol. The maximum Gasteiger partial charge on any atom is 0.287 e. The summed E-state index contributed by atoms with van der Waals surface area (Å²) in [6.45, 7) is 5.04. The molecule has 2 N–H and O–H groups in total. The Morgan fingerprint density at radius 1 is 1.33 bits per heavy atom. The molecule has 0 fully saturated rings. The summed E-state index contributed by atoms with van der Waals surface area (Å²) in [7, 11) is -4.18. The van der Waals surface area contributed by atoms with Crippen molar-refractivity contribution >= 4 is 27.5 Å². The van der Waals surface area contributed by atoms with E-state index in [0.29, 0.717) is 23.4 Å². The molecular weight excluding hydrogens is 374 g/mol. The number of nitrogens with zero attached hydrogens (tertiary/aromatic N) is 1. The Morgan fingerprint density at radius 3 is 2.78 bits per heavy atom. The zero-order valence-corrected chi connectivity index (χ0v) is 15.8. The van der Waals surface area contributed by atoms with Gasteiger partial charge in [0.1, 0.15) is 11.5 Å². The second-order valence-corrected chi connectivity index (χ2v) is 7.88. The number of benzene rings is 1. The van der Waals surface area contributed by atoms with Crippen molar-refractivity contribution in [2.45, 2.75) is 44.6 Å². The second kappa shape index (κ2) is 7.03. The van der Waals surface area contributed by atoms with Gasteiger partial charge in [0.05, 0.1) is 10.6 Å². The lowest BCUT2D eigenvalue weighted by Crippen LogP contribution is -2.35. The molecule has 1 aliphatic rings. The van der Waals surface area contributed by atoms with E-state index in [4.69, 9.17) is 9.26 Å². The van der Waals surface area contributed by atoms with E-state index in [1.54, 1.807) is 13.8 Å². The zero-order valence-electron chi connectivity index (χ0n) is 15.0. The van der Waals surface area contributed by atoms with Gasteiger partial charge in [-0.3, -0.25) is 9.59 Å². The first kappa shape index (κ1) is 18.9. The summed E-state index contributed by atoms with van der Waals surface area (Å²) in [5, 5.41) is 6.24. The largest absolute Gasteiger partial charge is 0.479 e. The van der Waals surface area contributed by atoms with Gasteiger partial charge >= 0.3 is 0 Å². The molecule has 0 aliphatic carbocycles. The Labute approximate surface area is 156 Å². The molecule has 2 heterocycles. The first-order chi connectivity index (χ1) is 12.7. The summed E-state index contributed by atoms with van der Waals surface area (Å²) in [4.78, 5) is 23.8. The van der Waals surface area contributed by atoms with Gasteiger partial charge in [-0.05, 0) is 31.9 Å². The van der Waals surface area contributed by atoms with Crippen LogP contribution in [-0.4, -0.2) is 31.5 Å². The van der Waals surface area contributed by atoms with E-state index in [1.165, 1.54) is 18.2 Å². The van der Waals surface area contributed by atoms with Crippen LogP contribution in [0, 0.1) is 6.92 Å². The average molecular weight is 393 g/mol. The lowest BCUT2D eigenvalue weighted by molar-refractivity contribution is -0.122. The van der Waals surface area contributed by atoms with Crippen molar-refractivity contribution in [3.8, 4) is 5.75 Å². The highest BCUT2D eigenvalue weighted by atomic mass is 32.2. The molecule has 10 heteroatoms. The van der Waals surface area contributed by atoms with Gasteiger partial charge in [-0.2, -0.15) is 0 Å². The van der Waals surface area contributed by atoms with Crippen LogP contribution >= 0.6 is 0 Å². The number of aromatic nitrogens is 1. The standard InChI is InChI=1S/C17H19N3O6S/c1-4-5-11-7-13(19-26-11)17(22)20-27(23,24)15-8-14-12(6-9(15)2)18-16(21)10(3)25-14/h6-8,10H,4-5H2,1-3H3,(H,18,21)(H,20,22). The molecular formula is C17H19N3O6S. The van der Waals surface area contributed by atoms with E-state index in [1.807, 2.05) is 11.6 Å². The number of sulfonamides is 1. The van der Waals surface area contributed by atoms with Gasteiger partial charge in [-0.1, -0.05) is 12.1 Å². The van der Waals surface area contributed by atoms with Crippen LogP contribution in [-0.2, 0) is 21.2 Å². The van der Waals surface area contributed by atoms with Crippen LogP contribution in [0.5, 0.6) is 5.75 Å². The van der Waals surface area contributed by atoms with Gasteiger partial charge in [0.2, 0.25) is 0 Å². The molecule has 0 radical (unpaired) electrons. The average Bonchev–Trinajstić information content (AvgIpc) is 3.04. The fourth-order valence-electron chi connectivity index (χ4n) is 2.65. The number of carbonyl (C=O) groups is 2. The molecule has 1 aromatic carbocycles. The fourth-order valence-corrected chi connectivity index (χ4v) is 3.85. The summed E-state index contributed by atoms with van der Waals surface area (Å²) < 4.78 is 37.8. The van der Waals surface area contributed by atoms with Crippen LogP contribution in [0.2, 0.25) is 0 Å². The first-order valence-electron chi connectivity index (χ1n) is 8.36. The van der Waals surface area contributed by atoms with E-state index in [2.05, 4.69) is 10.5 Å². The topological polar surface area (TPSA) is 128 Å². The van der Waals surface area contributed by atoms with E-state index in [0.717, 1.165) is 6.42 Å². The van der Waals surface area contributed by atoms with Crippen LogP contribution in [0.15, 0.2) is 27.6 Å². The van der Waals surface area contributed by atoms with Crippen LogP contribution in [0.3, 0.4) is 0 Å². The monoisotopic (exact) mass is 393 g/mol. The van der Waals surface area contributed by atoms with Crippen molar-refractivity contribution in [3.05, 3.63) is 35.2 Å². The summed E-state index contributed by atoms with van der Waals surface area (Å²) >= 11 is 0. The summed E-state index contributed by atoms with van der Waals surface area (Å²) in [5.41, 5.74) is 0.607. The molecule has 1 unspecified atom stereocenters. The van der Waals surface area contributed by atoms with Gasteiger partial charge in [0.25, 0.3) is 21.8 Å². The number of amides is 2. The predicted octanol–water partition coefficient (Wildman–Crippen LogP) is 1.77. The van der Waals surface area contributed by atoms with Gasteiger partial charge in [0.15, 0.2) is 11.8 Å². The first-order valence-corrected chi connectivity index (χ1v) is 9.84. The van der Waals surface area contributed by atoms with Crippen molar-refractivity contribution in [1.82, 2.24) is 9.88 Å². The third kappa shape index (κ3) is 3.80. The minimum absolute atomic E-state index is 0.116. The highest BCUT2D eigenvalue weighted by molar-refractivity contribution is 7.90. The molecule has 3 rings (SSSR count). The summed E-state index contributed by atoms with van der Waals surface area (Å²) in [6, 6.07) is 4.17. The minimum atomic E-state index is -4.18. The lowest BCUT2D eigenvalue weighted by atomic mass is 10.1. The van der Waals surface area contributed by atoms with Crippen molar-refractivity contribution in [2.24, 2.45) is 0 Å². The SMILES string of the molecule is CCCc1cc(C(=O)NS(=O)(=O)c2cc3c(cc2C)NC(=O)C(C)O3)no1. The third-order valence-electron chi connectivity index (χ3n) is 4.01. The Kier molecular flexibility index (Phi) is 4.92. The molecule has 2 aromatic rings. The molecule has 0 saturated carbocycles. The van der Waals surface area contributed by atoms with E-state index in [9.17, 15) is 18.0 Å². The molecule has 2 amide bonds. The fraction of sp³-hybridized carbons (Fsp3) is 0.353. The van der Waals surface area contributed by atoms with Crippen molar-refractivity contribution < 1.29 is 27.3 Å². The number of aryl methyl sites for hydroxylation is 2. The van der Waals surface area contributed by atoms with Gasteiger partial charge < -0.3 is 14.6 Å². The second-order valence-electron chi connectivity index (χ2n) is 6.23. The number of hydrogen-bond acceptors (Lipinski definition) is 7. The maximum absolute atomic E-state index is 12.7. The molecule has 1 aromatic heterocycles. The smallest absolute Gasteiger partial charge is 0.287 e.